The minimum absolute atomic E-state index is 0.181. The van der Waals surface area contributed by atoms with Gasteiger partial charge in [-0.2, -0.15) is 0 Å². The molecule has 5 heteroatoms. The van der Waals surface area contributed by atoms with E-state index in [0.717, 1.165) is 18.7 Å². The molecule has 1 aromatic heterocycles. The topological polar surface area (TPSA) is 52.9 Å². The fourth-order valence-corrected chi connectivity index (χ4v) is 1.35. The van der Waals surface area contributed by atoms with Crippen LogP contribution in [-0.2, 0) is 20.8 Å². The standard InChI is InChI=1S/C12H21NO4/c1-14-12(15-2)9-13-6-4-7-16-10-11-5-3-8-17-11/h3,5,8,12-13H,4,6-7,9-10H2,1-2H3. The van der Waals surface area contributed by atoms with Crippen LogP contribution in [0.5, 0.6) is 0 Å². The van der Waals surface area contributed by atoms with E-state index in [-0.39, 0.29) is 6.29 Å². The van der Waals surface area contributed by atoms with E-state index >= 15 is 0 Å². The van der Waals surface area contributed by atoms with E-state index in [4.69, 9.17) is 18.6 Å². The van der Waals surface area contributed by atoms with Crippen molar-refractivity contribution in [1.82, 2.24) is 5.32 Å². The van der Waals surface area contributed by atoms with Crippen molar-refractivity contribution in [3.05, 3.63) is 24.2 Å². The molecule has 0 saturated heterocycles. The third kappa shape index (κ3) is 6.43. The molecule has 0 unspecified atom stereocenters. The molecule has 5 nitrogen and oxygen atoms in total. The maximum absolute atomic E-state index is 5.44. The summed E-state index contributed by atoms with van der Waals surface area (Å²) in [6.07, 6.45) is 2.41. The van der Waals surface area contributed by atoms with E-state index in [1.165, 1.54) is 0 Å². The van der Waals surface area contributed by atoms with E-state index in [1.807, 2.05) is 12.1 Å². The van der Waals surface area contributed by atoms with Gasteiger partial charge in [0.1, 0.15) is 12.4 Å². The summed E-state index contributed by atoms with van der Waals surface area (Å²) in [7, 11) is 3.25. The molecule has 0 saturated carbocycles. The summed E-state index contributed by atoms with van der Waals surface area (Å²) in [6.45, 7) is 2.80. The largest absolute Gasteiger partial charge is 0.467 e. The van der Waals surface area contributed by atoms with Gasteiger partial charge in [0.15, 0.2) is 6.29 Å². The van der Waals surface area contributed by atoms with Crippen molar-refractivity contribution in [1.29, 1.82) is 0 Å². The average Bonchev–Trinajstić information content (AvgIpc) is 2.86. The SMILES string of the molecule is COC(CNCCCOCc1ccco1)OC. The number of hydrogen-bond acceptors (Lipinski definition) is 5. The zero-order valence-electron chi connectivity index (χ0n) is 10.5. The Morgan fingerprint density at radius 1 is 1.35 bits per heavy atom. The zero-order chi connectivity index (χ0) is 12.3. The first-order valence-corrected chi connectivity index (χ1v) is 5.73. The molecule has 17 heavy (non-hydrogen) atoms. The molecule has 0 spiro atoms. The molecule has 0 aliphatic heterocycles. The molecular formula is C12H21NO4. The van der Waals surface area contributed by atoms with Gasteiger partial charge in [0.2, 0.25) is 0 Å². The van der Waals surface area contributed by atoms with Gasteiger partial charge in [-0.3, -0.25) is 0 Å². The summed E-state index contributed by atoms with van der Waals surface area (Å²) >= 11 is 0. The van der Waals surface area contributed by atoms with E-state index in [2.05, 4.69) is 5.32 Å². The van der Waals surface area contributed by atoms with E-state index in [9.17, 15) is 0 Å². The van der Waals surface area contributed by atoms with Crippen molar-refractivity contribution < 1.29 is 18.6 Å². The Hall–Kier alpha value is -0.880. The van der Waals surface area contributed by atoms with Gasteiger partial charge >= 0.3 is 0 Å². The summed E-state index contributed by atoms with van der Waals surface area (Å²) in [4.78, 5) is 0. The Kier molecular flexibility index (Phi) is 7.66. The molecule has 0 aromatic carbocycles. The van der Waals surface area contributed by atoms with Gasteiger partial charge in [0.05, 0.1) is 6.26 Å². The molecule has 0 aliphatic carbocycles. The van der Waals surface area contributed by atoms with Crippen LogP contribution in [0.1, 0.15) is 12.2 Å². The first-order valence-electron chi connectivity index (χ1n) is 5.73. The van der Waals surface area contributed by atoms with Gasteiger partial charge in [0, 0.05) is 27.4 Å². The van der Waals surface area contributed by atoms with Crippen molar-refractivity contribution in [3.63, 3.8) is 0 Å². The molecule has 98 valence electrons. The Bertz CT molecular complexity index is 259. The molecule has 0 bridgehead atoms. The molecule has 0 atom stereocenters. The highest BCUT2D eigenvalue weighted by Crippen LogP contribution is 2.01. The van der Waals surface area contributed by atoms with Crippen LogP contribution in [0.25, 0.3) is 0 Å². The van der Waals surface area contributed by atoms with Gasteiger partial charge in [-0.15, -0.1) is 0 Å². The summed E-state index contributed by atoms with van der Waals surface area (Å²) in [5.41, 5.74) is 0. The third-order valence-electron chi connectivity index (χ3n) is 2.30. The summed E-state index contributed by atoms with van der Waals surface area (Å²) in [5, 5.41) is 3.23. The molecule has 0 fully saturated rings. The monoisotopic (exact) mass is 243 g/mol. The second-order valence-corrected chi connectivity index (χ2v) is 3.59. The van der Waals surface area contributed by atoms with Gasteiger partial charge in [-0.25, -0.2) is 0 Å². The molecular weight excluding hydrogens is 222 g/mol. The normalized spacial score (nSPS) is 11.2. The van der Waals surface area contributed by atoms with Gasteiger partial charge in [-0.05, 0) is 25.1 Å². The number of methoxy groups -OCH3 is 2. The Morgan fingerprint density at radius 2 is 2.18 bits per heavy atom. The van der Waals surface area contributed by atoms with Crippen molar-refractivity contribution in [2.75, 3.05) is 33.9 Å². The van der Waals surface area contributed by atoms with Crippen LogP contribution in [0.3, 0.4) is 0 Å². The number of nitrogens with one attached hydrogen (secondary N) is 1. The van der Waals surface area contributed by atoms with Crippen LogP contribution >= 0.6 is 0 Å². The van der Waals surface area contributed by atoms with Crippen LogP contribution in [0.4, 0.5) is 0 Å². The van der Waals surface area contributed by atoms with Crippen molar-refractivity contribution in [2.45, 2.75) is 19.3 Å². The second-order valence-electron chi connectivity index (χ2n) is 3.59. The van der Waals surface area contributed by atoms with E-state index in [1.54, 1.807) is 20.5 Å². The van der Waals surface area contributed by atoms with Gasteiger partial charge in [-0.1, -0.05) is 0 Å². The van der Waals surface area contributed by atoms with Gasteiger partial charge in [0.25, 0.3) is 0 Å². The number of hydrogen-bond donors (Lipinski definition) is 1. The molecule has 0 radical (unpaired) electrons. The molecule has 1 N–H and O–H groups in total. The highest BCUT2D eigenvalue weighted by molar-refractivity contribution is 4.95. The lowest BCUT2D eigenvalue weighted by Crippen LogP contribution is -2.30. The number of rotatable bonds is 10. The average molecular weight is 243 g/mol. The summed E-state index contributed by atoms with van der Waals surface area (Å²) in [5.74, 6) is 0.858. The zero-order valence-corrected chi connectivity index (χ0v) is 10.5. The van der Waals surface area contributed by atoms with E-state index < -0.39 is 0 Å². The maximum Gasteiger partial charge on any atom is 0.169 e. The first kappa shape index (κ1) is 14.2. The number of furan rings is 1. The summed E-state index contributed by atoms with van der Waals surface area (Å²) in [6, 6.07) is 3.76. The smallest absolute Gasteiger partial charge is 0.169 e. The lowest BCUT2D eigenvalue weighted by molar-refractivity contribution is -0.0987. The summed E-state index contributed by atoms with van der Waals surface area (Å²) < 4.78 is 20.7. The van der Waals surface area contributed by atoms with Crippen LogP contribution < -0.4 is 5.32 Å². The first-order chi connectivity index (χ1) is 8.36. The highest BCUT2D eigenvalue weighted by atomic mass is 16.7. The van der Waals surface area contributed by atoms with Crippen LogP contribution in [0, 0.1) is 0 Å². The molecule has 1 heterocycles. The molecule has 0 aliphatic rings. The fraction of sp³-hybridized carbons (Fsp3) is 0.667. The van der Waals surface area contributed by atoms with Crippen molar-refractivity contribution in [2.24, 2.45) is 0 Å². The predicted octanol–water partition coefficient (Wildman–Crippen LogP) is 1.39. The minimum Gasteiger partial charge on any atom is -0.467 e. The Morgan fingerprint density at radius 3 is 2.82 bits per heavy atom. The Labute approximate surface area is 102 Å². The van der Waals surface area contributed by atoms with Crippen molar-refractivity contribution in [3.8, 4) is 0 Å². The quantitative estimate of drug-likeness (QED) is 0.497. The third-order valence-corrected chi connectivity index (χ3v) is 2.30. The van der Waals surface area contributed by atoms with E-state index in [0.29, 0.717) is 19.8 Å². The fourth-order valence-electron chi connectivity index (χ4n) is 1.35. The van der Waals surface area contributed by atoms with Crippen LogP contribution in [0.2, 0.25) is 0 Å². The lowest BCUT2D eigenvalue weighted by Gasteiger charge is -2.13. The lowest BCUT2D eigenvalue weighted by atomic mass is 10.4. The molecule has 0 amide bonds. The minimum atomic E-state index is -0.181. The number of ether oxygens (including phenoxy) is 3. The second kappa shape index (κ2) is 9.18. The predicted molar refractivity (Wildman–Crippen MR) is 63.7 cm³/mol. The van der Waals surface area contributed by atoms with Gasteiger partial charge < -0.3 is 23.9 Å². The molecule has 1 aromatic rings. The Balaban J connectivity index is 1.87. The maximum atomic E-state index is 5.44. The van der Waals surface area contributed by atoms with Crippen LogP contribution in [0.15, 0.2) is 22.8 Å². The van der Waals surface area contributed by atoms with Crippen molar-refractivity contribution >= 4 is 0 Å². The van der Waals surface area contributed by atoms with Crippen LogP contribution in [-0.4, -0.2) is 40.2 Å². The highest BCUT2D eigenvalue weighted by Gasteiger charge is 2.02. The molecule has 1 rings (SSSR count).